The molecule has 0 amide bonds. The highest BCUT2D eigenvalue weighted by Gasteiger charge is 2.52. The SMILES string of the molecule is C=C(C)C(=O)OCCCC(CCC)(CCCCCCCC)C(OC)(OC)OC. The largest absolute Gasteiger partial charge is 0.462 e. The minimum Gasteiger partial charge on any atom is -0.462 e. The van der Waals surface area contributed by atoms with Crippen molar-refractivity contribution in [3.63, 3.8) is 0 Å². The second kappa shape index (κ2) is 15.0. The lowest BCUT2D eigenvalue weighted by atomic mass is 9.72. The van der Waals surface area contributed by atoms with Crippen LogP contribution in [0.2, 0.25) is 0 Å². The van der Waals surface area contributed by atoms with Crippen LogP contribution in [0.4, 0.5) is 0 Å². The Labute approximate surface area is 173 Å². The van der Waals surface area contributed by atoms with Crippen molar-refractivity contribution >= 4 is 5.97 Å². The molecule has 0 spiro atoms. The summed E-state index contributed by atoms with van der Waals surface area (Å²) in [5.41, 5.74) is 0.132. The van der Waals surface area contributed by atoms with Gasteiger partial charge in [-0.3, -0.25) is 0 Å². The molecule has 5 heteroatoms. The van der Waals surface area contributed by atoms with Crippen LogP contribution in [0.25, 0.3) is 0 Å². The van der Waals surface area contributed by atoms with Crippen LogP contribution in [0.3, 0.4) is 0 Å². The minimum atomic E-state index is -1.09. The molecule has 0 fully saturated rings. The molecule has 5 nitrogen and oxygen atoms in total. The summed E-state index contributed by atoms with van der Waals surface area (Å²) in [5.74, 6) is -1.43. The average molecular weight is 401 g/mol. The van der Waals surface area contributed by atoms with E-state index < -0.39 is 5.97 Å². The predicted molar refractivity (Wildman–Crippen MR) is 114 cm³/mol. The van der Waals surface area contributed by atoms with Gasteiger partial charge in [0.2, 0.25) is 0 Å². The first kappa shape index (κ1) is 27.1. The maximum absolute atomic E-state index is 11.7. The van der Waals surface area contributed by atoms with Crippen LogP contribution in [0.15, 0.2) is 12.2 Å². The summed E-state index contributed by atoms with van der Waals surface area (Å²) in [5, 5.41) is 0. The zero-order valence-corrected chi connectivity index (χ0v) is 19.2. The Kier molecular flexibility index (Phi) is 14.5. The van der Waals surface area contributed by atoms with Crippen LogP contribution in [-0.2, 0) is 23.7 Å². The number of hydrogen-bond donors (Lipinski definition) is 0. The van der Waals surface area contributed by atoms with Gasteiger partial charge in [-0.25, -0.2) is 4.79 Å². The molecule has 0 aromatic rings. The summed E-state index contributed by atoms with van der Waals surface area (Å²) in [6.45, 7) is 10.1. The topological polar surface area (TPSA) is 54.0 Å². The Bertz CT molecular complexity index is 422. The molecule has 0 rings (SSSR count). The fourth-order valence-electron chi connectivity index (χ4n) is 4.15. The number of rotatable bonds is 18. The van der Waals surface area contributed by atoms with Crippen LogP contribution in [0, 0.1) is 5.41 Å². The minimum absolute atomic E-state index is 0.291. The summed E-state index contributed by atoms with van der Waals surface area (Å²) in [6, 6.07) is 0. The average Bonchev–Trinajstić information content (AvgIpc) is 2.69. The van der Waals surface area contributed by atoms with Crippen LogP contribution in [0.1, 0.15) is 91.4 Å². The van der Waals surface area contributed by atoms with Gasteiger partial charge in [-0.2, -0.15) is 0 Å². The van der Waals surface area contributed by atoms with Gasteiger partial charge in [0, 0.05) is 26.9 Å². The Morgan fingerprint density at radius 2 is 1.32 bits per heavy atom. The van der Waals surface area contributed by atoms with Crippen molar-refractivity contribution in [2.75, 3.05) is 27.9 Å². The maximum atomic E-state index is 11.7. The molecule has 0 radical (unpaired) electrons. The predicted octanol–water partition coefficient (Wildman–Crippen LogP) is 6.02. The third-order valence-electron chi connectivity index (χ3n) is 5.57. The first-order valence-electron chi connectivity index (χ1n) is 10.9. The standard InChI is InChI=1S/C23H44O5/c1-8-10-11-12-13-14-17-22(16-9-2,23(25-5,26-6)27-7)18-15-19-28-21(24)20(3)4/h3,8-19H2,1-2,4-7H3. The number of unbranched alkanes of at least 4 members (excludes halogenated alkanes) is 5. The van der Waals surface area contributed by atoms with E-state index >= 15 is 0 Å². The molecular formula is C23H44O5. The van der Waals surface area contributed by atoms with Gasteiger partial charge in [0.15, 0.2) is 0 Å². The van der Waals surface area contributed by atoms with Gasteiger partial charge in [0.05, 0.1) is 12.0 Å². The molecule has 0 bridgehead atoms. The lowest BCUT2D eigenvalue weighted by Gasteiger charge is -2.47. The third-order valence-corrected chi connectivity index (χ3v) is 5.57. The van der Waals surface area contributed by atoms with Gasteiger partial charge >= 0.3 is 5.97 Å². The van der Waals surface area contributed by atoms with E-state index in [-0.39, 0.29) is 11.4 Å². The normalized spacial score (nSPS) is 13.9. The Morgan fingerprint density at radius 1 is 0.786 bits per heavy atom. The van der Waals surface area contributed by atoms with E-state index in [1.807, 2.05) is 0 Å². The van der Waals surface area contributed by atoms with E-state index in [2.05, 4.69) is 20.4 Å². The molecule has 0 saturated heterocycles. The number of carbonyl (C=O) groups is 1. The van der Waals surface area contributed by atoms with E-state index in [1.54, 1.807) is 28.3 Å². The van der Waals surface area contributed by atoms with E-state index in [0.29, 0.717) is 12.2 Å². The molecule has 0 aliphatic heterocycles. The zero-order valence-electron chi connectivity index (χ0n) is 19.2. The first-order valence-corrected chi connectivity index (χ1v) is 10.9. The summed E-state index contributed by atoms with van der Waals surface area (Å²) in [4.78, 5) is 11.7. The number of hydrogen-bond acceptors (Lipinski definition) is 5. The molecule has 166 valence electrons. The van der Waals surface area contributed by atoms with E-state index in [1.165, 1.54) is 32.1 Å². The Hall–Kier alpha value is -0.910. The number of carbonyl (C=O) groups excluding carboxylic acids is 1. The lowest BCUT2D eigenvalue weighted by Crippen LogP contribution is -2.53. The van der Waals surface area contributed by atoms with Crippen LogP contribution in [0.5, 0.6) is 0 Å². The highest BCUT2D eigenvalue weighted by molar-refractivity contribution is 5.86. The monoisotopic (exact) mass is 400 g/mol. The number of methoxy groups -OCH3 is 3. The molecule has 1 atom stereocenters. The quantitative estimate of drug-likeness (QED) is 0.122. The van der Waals surface area contributed by atoms with Crippen molar-refractivity contribution in [3.8, 4) is 0 Å². The summed E-state index contributed by atoms with van der Waals surface area (Å²) in [7, 11) is 4.92. The molecule has 0 aliphatic rings. The fourth-order valence-corrected chi connectivity index (χ4v) is 4.15. The van der Waals surface area contributed by atoms with Gasteiger partial charge in [-0.1, -0.05) is 65.4 Å². The van der Waals surface area contributed by atoms with Crippen molar-refractivity contribution in [2.45, 2.75) is 97.4 Å². The van der Waals surface area contributed by atoms with E-state index in [4.69, 9.17) is 18.9 Å². The summed E-state index contributed by atoms with van der Waals surface area (Å²) in [6.07, 6.45) is 11.8. The molecule has 28 heavy (non-hydrogen) atoms. The molecule has 0 aliphatic carbocycles. The van der Waals surface area contributed by atoms with Gasteiger partial charge in [0.1, 0.15) is 0 Å². The maximum Gasteiger partial charge on any atom is 0.333 e. The highest BCUT2D eigenvalue weighted by atomic mass is 16.9. The van der Waals surface area contributed by atoms with Crippen molar-refractivity contribution in [1.29, 1.82) is 0 Å². The van der Waals surface area contributed by atoms with Gasteiger partial charge in [0.25, 0.3) is 5.97 Å². The van der Waals surface area contributed by atoms with E-state index in [9.17, 15) is 4.79 Å². The van der Waals surface area contributed by atoms with Crippen LogP contribution >= 0.6 is 0 Å². The molecular weight excluding hydrogens is 356 g/mol. The molecule has 1 unspecified atom stereocenters. The fraction of sp³-hybridized carbons (Fsp3) is 0.870. The summed E-state index contributed by atoms with van der Waals surface area (Å²) >= 11 is 0. The van der Waals surface area contributed by atoms with Crippen LogP contribution in [-0.4, -0.2) is 39.9 Å². The zero-order chi connectivity index (χ0) is 21.5. The Morgan fingerprint density at radius 3 is 1.82 bits per heavy atom. The third kappa shape index (κ3) is 8.22. The number of ether oxygens (including phenoxy) is 4. The van der Waals surface area contributed by atoms with Crippen molar-refractivity contribution in [1.82, 2.24) is 0 Å². The van der Waals surface area contributed by atoms with Crippen molar-refractivity contribution < 1.29 is 23.7 Å². The van der Waals surface area contributed by atoms with Gasteiger partial charge in [-0.15, -0.1) is 0 Å². The Balaban J connectivity index is 5.16. The molecule has 0 aromatic heterocycles. The molecule has 0 heterocycles. The van der Waals surface area contributed by atoms with Gasteiger partial charge < -0.3 is 18.9 Å². The van der Waals surface area contributed by atoms with Crippen LogP contribution < -0.4 is 0 Å². The second-order valence-electron chi connectivity index (χ2n) is 7.74. The van der Waals surface area contributed by atoms with Crippen molar-refractivity contribution in [2.24, 2.45) is 5.41 Å². The number of esters is 1. The highest BCUT2D eigenvalue weighted by Crippen LogP contribution is 2.48. The lowest BCUT2D eigenvalue weighted by molar-refractivity contribution is -0.411. The summed E-state index contributed by atoms with van der Waals surface area (Å²) < 4.78 is 22.7. The molecule has 0 saturated carbocycles. The van der Waals surface area contributed by atoms with Crippen molar-refractivity contribution in [3.05, 3.63) is 12.2 Å². The van der Waals surface area contributed by atoms with Gasteiger partial charge in [-0.05, 0) is 32.6 Å². The smallest absolute Gasteiger partial charge is 0.333 e. The molecule has 0 aromatic carbocycles. The van der Waals surface area contributed by atoms with E-state index in [0.717, 1.165) is 38.5 Å². The first-order chi connectivity index (χ1) is 13.4. The second-order valence-corrected chi connectivity index (χ2v) is 7.74. The molecule has 0 N–H and O–H groups in total.